The number of carbonyl (C=O) groups excluding carboxylic acids is 1. The molecule has 4 aliphatic heterocycles. The maximum absolute atomic E-state index is 12.8. The van der Waals surface area contributed by atoms with E-state index in [1.54, 1.807) is 0 Å². The number of hydrogen-bond donors (Lipinski definition) is 14. The van der Waals surface area contributed by atoms with Gasteiger partial charge in [-0.2, -0.15) is 0 Å². The van der Waals surface area contributed by atoms with Crippen molar-refractivity contribution in [3.05, 3.63) is 0 Å². The van der Waals surface area contributed by atoms with Crippen molar-refractivity contribution < 1.29 is 109 Å². The van der Waals surface area contributed by atoms with Crippen molar-refractivity contribution in [2.24, 2.45) is 5.92 Å². The smallest absolute Gasteiger partial charge is 0.364 e. The normalized spacial score (nSPS) is 47.8. The molecule has 23 heteroatoms. The van der Waals surface area contributed by atoms with Crippen LogP contribution in [0.25, 0.3) is 0 Å². The van der Waals surface area contributed by atoms with Gasteiger partial charge in [0, 0.05) is 19.3 Å². The number of aliphatic hydroxyl groups is 12. The topological polar surface area (TPSA) is 374 Å². The average Bonchev–Trinajstić information content (AvgIpc) is 3.11. The van der Waals surface area contributed by atoms with Crippen molar-refractivity contribution in [3.8, 4) is 0 Å². The first-order valence-electron chi connectivity index (χ1n) is 16.9. The lowest BCUT2D eigenvalue weighted by Crippen LogP contribution is -2.70. The molecule has 0 aromatic heterocycles. The van der Waals surface area contributed by atoms with Gasteiger partial charge in [0.25, 0.3) is 5.79 Å². The number of aliphatic carboxylic acids is 1. The number of rotatable bonds is 13. The predicted octanol–water partition coefficient (Wildman–Crippen LogP) is -8.10. The third-order valence-corrected chi connectivity index (χ3v) is 9.88. The highest BCUT2D eigenvalue weighted by Crippen LogP contribution is 2.39. The SMILES string of the molecule is CC(=O)N[C@@H]1C(O)C[C@](OC2C(O)[C@H](O[C@@H]3C(CO)O[C@@H](O)C(C)[C@H]3O[C@@H]3OC(C)[C@@H](O)C(O)[C@@H]3O)OC(CO)[C@@H]2O)(C(=O)O)OC1[C@H](O)[C@H](O)CO. The number of carboxylic acids is 1. The number of aliphatic hydroxyl groups excluding tert-OH is 12. The van der Waals surface area contributed by atoms with Crippen molar-refractivity contribution in [2.75, 3.05) is 19.8 Å². The van der Waals surface area contributed by atoms with Crippen molar-refractivity contribution in [1.29, 1.82) is 0 Å². The lowest BCUT2D eigenvalue weighted by Gasteiger charge is -2.51. The Bertz CT molecular complexity index is 1220. The second kappa shape index (κ2) is 18.0. The number of nitrogens with one attached hydrogen (secondary N) is 1. The minimum atomic E-state index is -3.06. The second-order valence-electron chi connectivity index (χ2n) is 13.7. The molecule has 4 saturated heterocycles. The van der Waals surface area contributed by atoms with Crippen LogP contribution >= 0.6 is 0 Å². The highest BCUT2D eigenvalue weighted by Gasteiger charge is 2.60. The Balaban J connectivity index is 1.66. The first-order chi connectivity index (χ1) is 24.8. The molecule has 308 valence electrons. The Morgan fingerprint density at radius 1 is 0.792 bits per heavy atom. The summed E-state index contributed by atoms with van der Waals surface area (Å²) in [5, 5.41) is 138. The largest absolute Gasteiger partial charge is 0.477 e. The molecule has 0 bridgehead atoms. The highest BCUT2D eigenvalue weighted by atomic mass is 16.8. The fourth-order valence-corrected chi connectivity index (χ4v) is 6.78. The second-order valence-corrected chi connectivity index (χ2v) is 13.7. The van der Waals surface area contributed by atoms with E-state index in [0.717, 1.165) is 6.92 Å². The minimum absolute atomic E-state index is 0.761. The maximum Gasteiger partial charge on any atom is 0.364 e. The van der Waals surface area contributed by atoms with E-state index in [2.05, 4.69) is 5.32 Å². The predicted molar refractivity (Wildman–Crippen MR) is 164 cm³/mol. The average molecular weight is 778 g/mol. The lowest BCUT2D eigenvalue weighted by molar-refractivity contribution is -0.392. The Labute approximate surface area is 301 Å². The van der Waals surface area contributed by atoms with Gasteiger partial charge in [0.05, 0.1) is 44.2 Å². The van der Waals surface area contributed by atoms with Crippen LogP contribution in [-0.4, -0.2) is 220 Å². The van der Waals surface area contributed by atoms with Gasteiger partial charge in [0.1, 0.15) is 73.2 Å². The van der Waals surface area contributed by atoms with E-state index in [0.29, 0.717) is 0 Å². The van der Waals surface area contributed by atoms with Crippen LogP contribution in [0, 0.1) is 5.92 Å². The van der Waals surface area contributed by atoms with Crippen LogP contribution in [0.4, 0.5) is 0 Å². The van der Waals surface area contributed by atoms with Crippen molar-refractivity contribution in [3.63, 3.8) is 0 Å². The van der Waals surface area contributed by atoms with E-state index in [1.165, 1.54) is 13.8 Å². The Hall–Kier alpha value is -1.82. The number of ether oxygens (including phenoxy) is 7. The molecule has 9 unspecified atom stereocenters. The highest BCUT2D eigenvalue weighted by molar-refractivity contribution is 5.76. The van der Waals surface area contributed by atoms with E-state index in [1.807, 2.05) is 0 Å². The summed E-state index contributed by atoms with van der Waals surface area (Å²) >= 11 is 0. The van der Waals surface area contributed by atoms with Gasteiger partial charge in [-0.05, 0) is 6.92 Å². The lowest BCUT2D eigenvalue weighted by atomic mass is 9.88. The summed E-state index contributed by atoms with van der Waals surface area (Å²) in [5.74, 6) is -6.87. The number of hydrogen-bond acceptors (Lipinski definition) is 21. The number of carbonyl (C=O) groups is 2. The summed E-state index contributed by atoms with van der Waals surface area (Å²) in [7, 11) is 0. The molecule has 23 nitrogen and oxygen atoms in total. The van der Waals surface area contributed by atoms with Crippen LogP contribution in [0.2, 0.25) is 0 Å². The minimum Gasteiger partial charge on any atom is -0.477 e. The van der Waals surface area contributed by atoms with Crippen molar-refractivity contribution in [1.82, 2.24) is 5.32 Å². The third-order valence-electron chi connectivity index (χ3n) is 9.88. The maximum atomic E-state index is 12.8. The molecule has 0 aromatic carbocycles. The van der Waals surface area contributed by atoms with Crippen molar-refractivity contribution >= 4 is 11.9 Å². The van der Waals surface area contributed by atoms with Gasteiger partial charge in [-0.25, -0.2) is 4.79 Å². The standard InChI is InChI=1S/C30H51NO22/c1-8-22(50-27-20(42)19(41)16(38)9(2)47-27)23(14(7-34)48-26(8)44)51-28-21(43)25(18(40)13(6-33)49-28)53-30(29(45)46)4-11(36)15(31-10(3)35)24(52-30)17(39)12(37)5-32/h8-9,11-28,32-34,36-44H,4-7H2,1-3H3,(H,31,35)(H,45,46)/t8?,9?,11?,12-,13?,14?,15-,16-,17-,18+,19?,20+,21?,22-,23-,24?,25?,26-,27+,28+,30+/m1/s1. The number of carboxylic acid groups (broad SMARTS) is 1. The molecule has 4 fully saturated rings. The summed E-state index contributed by atoms with van der Waals surface area (Å²) in [6, 6.07) is -1.57. The molecule has 4 aliphatic rings. The summed E-state index contributed by atoms with van der Waals surface area (Å²) < 4.78 is 39.7. The van der Waals surface area contributed by atoms with Crippen LogP contribution in [0.1, 0.15) is 27.2 Å². The summed E-state index contributed by atoms with van der Waals surface area (Å²) in [6.07, 6.45) is -33.0. The quantitative estimate of drug-likeness (QED) is 0.0825. The van der Waals surface area contributed by atoms with Crippen LogP contribution in [0.3, 0.4) is 0 Å². The Morgan fingerprint density at radius 3 is 1.96 bits per heavy atom. The van der Waals surface area contributed by atoms with Crippen LogP contribution in [0.5, 0.6) is 0 Å². The summed E-state index contributed by atoms with van der Waals surface area (Å²) in [4.78, 5) is 24.7. The van der Waals surface area contributed by atoms with Crippen LogP contribution in [-0.2, 0) is 42.7 Å². The molecule has 4 heterocycles. The molecule has 21 atom stereocenters. The zero-order valence-corrected chi connectivity index (χ0v) is 28.9. The van der Waals surface area contributed by atoms with Gasteiger partial charge in [0.2, 0.25) is 5.91 Å². The summed E-state index contributed by atoms with van der Waals surface area (Å²) in [5.41, 5.74) is 0. The van der Waals surface area contributed by atoms with Gasteiger partial charge < -0.3 is 105 Å². The first kappa shape index (κ1) is 43.9. The molecule has 0 aliphatic carbocycles. The molecule has 0 saturated carbocycles. The molecule has 53 heavy (non-hydrogen) atoms. The molecular formula is C30H51NO22. The van der Waals surface area contributed by atoms with Gasteiger partial charge in [-0.15, -0.1) is 0 Å². The van der Waals surface area contributed by atoms with E-state index in [9.17, 15) is 76.0 Å². The van der Waals surface area contributed by atoms with Gasteiger partial charge >= 0.3 is 5.97 Å². The summed E-state index contributed by atoms with van der Waals surface area (Å²) in [6.45, 7) is 0.904. The fourth-order valence-electron chi connectivity index (χ4n) is 6.78. The molecule has 0 spiro atoms. The van der Waals surface area contributed by atoms with E-state index in [4.69, 9.17) is 33.2 Å². The monoisotopic (exact) mass is 777 g/mol. The third kappa shape index (κ3) is 9.09. The Morgan fingerprint density at radius 2 is 1.40 bits per heavy atom. The Kier molecular flexibility index (Phi) is 14.9. The van der Waals surface area contributed by atoms with Gasteiger partial charge in [-0.1, -0.05) is 6.92 Å². The zero-order valence-electron chi connectivity index (χ0n) is 28.9. The molecule has 4 rings (SSSR count). The molecule has 0 aromatic rings. The van der Waals surface area contributed by atoms with Crippen LogP contribution in [0.15, 0.2) is 0 Å². The van der Waals surface area contributed by atoms with E-state index in [-0.39, 0.29) is 0 Å². The van der Waals surface area contributed by atoms with E-state index >= 15 is 0 Å². The first-order valence-corrected chi connectivity index (χ1v) is 16.9. The van der Waals surface area contributed by atoms with Crippen LogP contribution < -0.4 is 5.32 Å². The molecular weight excluding hydrogens is 726 g/mol. The van der Waals surface area contributed by atoms with Gasteiger partial charge in [0.15, 0.2) is 18.9 Å². The number of amides is 1. The molecule has 0 radical (unpaired) electrons. The van der Waals surface area contributed by atoms with Crippen molar-refractivity contribution in [2.45, 2.75) is 149 Å². The van der Waals surface area contributed by atoms with Gasteiger partial charge in [-0.3, -0.25) is 4.79 Å². The molecule has 1 amide bonds. The molecule has 14 N–H and O–H groups in total. The zero-order chi connectivity index (χ0) is 39.7. The fraction of sp³-hybridized carbons (Fsp3) is 0.933. The van der Waals surface area contributed by atoms with E-state index < -0.39 is 166 Å².